The summed E-state index contributed by atoms with van der Waals surface area (Å²) < 4.78 is 30.5. The Morgan fingerprint density at radius 3 is 2.72 bits per heavy atom. The molecule has 0 saturated heterocycles. The lowest BCUT2D eigenvalue weighted by molar-refractivity contribution is -0.144. The Labute approximate surface area is 104 Å². The molecule has 102 valence electrons. The number of carbonyl (C=O) groups excluding carboxylic acids is 1. The molecule has 0 aliphatic heterocycles. The molecule has 0 bridgehead atoms. The van der Waals surface area contributed by atoms with Crippen molar-refractivity contribution in [1.29, 1.82) is 0 Å². The number of hydrogen-bond acceptors (Lipinski definition) is 4. The number of hydrogen-bond donors (Lipinski definition) is 1. The maximum absolute atomic E-state index is 12.6. The van der Waals surface area contributed by atoms with E-state index < -0.39 is 18.6 Å². The van der Waals surface area contributed by atoms with Crippen molar-refractivity contribution < 1.29 is 18.3 Å². The van der Waals surface area contributed by atoms with E-state index in [1.807, 2.05) is 13.8 Å². The highest BCUT2D eigenvalue weighted by atomic mass is 19.3. The van der Waals surface area contributed by atoms with Crippen molar-refractivity contribution in [2.45, 2.75) is 33.0 Å². The first-order valence-electron chi connectivity index (χ1n) is 5.58. The van der Waals surface area contributed by atoms with Gasteiger partial charge < -0.3 is 4.74 Å². The van der Waals surface area contributed by atoms with Gasteiger partial charge in [0.05, 0.1) is 13.7 Å². The summed E-state index contributed by atoms with van der Waals surface area (Å²) in [6, 6.07) is -0.544. The minimum Gasteiger partial charge on any atom is -0.468 e. The van der Waals surface area contributed by atoms with E-state index in [4.69, 9.17) is 0 Å². The number of esters is 1. The van der Waals surface area contributed by atoms with Crippen LogP contribution in [0.2, 0.25) is 0 Å². The minimum atomic E-state index is -2.64. The van der Waals surface area contributed by atoms with Crippen LogP contribution in [0.5, 0.6) is 0 Å². The molecule has 1 aromatic rings. The molecular formula is C11H17F2N3O2. The second kappa shape index (κ2) is 6.44. The summed E-state index contributed by atoms with van der Waals surface area (Å²) in [7, 11) is 1.29. The maximum atomic E-state index is 12.6. The van der Waals surface area contributed by atoms with E-state index in [1.54, 1.807) is 0 Å². The van der Waals surface area contributed by atoms with Gasteiger partial charge >= 0.3 is 12.5 Å². The fraction of sp³-hybridized carbons (Fsp3) is 0.636. The number of methoxy groups -OCH3 is 1. The molecule has 7 heteroatoms. The van der Waals surface area contributed by atoms with E-state index >= 15 is 0 Å². The fourth-order valence-corrected chi connectivity index (χ4v) is 1.58. The zero-order valence-electron chi connectivity index (χ0n) is 10.6. The Kier molecular flexibility index (Phi) is 5.21. The SMILES string of the molecule is COC(=O)C(NCc1nccn1C(F)F)C(C)C. The summed E-state index contributed by atoms with van der Waals surface area (Å²) in [5.74, 6) is -0.243. The third-order valence-corrected chi connectivity index (χ3v) is 2.56. The van der Waals surface area contributed by atoms with Gasteiger partial charge in [0.2, 0.25) is 0 Å². The molecule has 0 fully saturated rings. The first-order valence-corrected chi connectivity index (χ1v) is 5.58. The summed E-state index contributed by atoms with van der Waals surface area (Å²) in [4.78, 5) is 15.3. The number of aromatic nitrogens is 2. The molecule has 1 aromatic heterocycles. The van der Waals surface area contributed by atoms with E-state index in [1.165, 1.54) is 19.5 Å². The van der Waals surface area contributed by atoms with Crippen LogP contribution in [0.15, 0.2) is 12.4 Å². The highest BCUT2D eigenvalue weighted by Gasteiger charge is 2.23. The normalized spacial score (nSPS) is 13.1. The molecule has 0 radical (unpaired) electrons. The van der Waals surface area contributed by atoms with Crippen LogP contribution >= 0.6 is 0 Å². The van der Waals surface area contributed by atoms with Crippen LogP contribution in [0, 0.1) is 5.92 Å². The minimum absolute atomic E-state index is 0.00703. The van der Waals surface area contributed by atoms with Gasteiger partial charge in [0.15, 0.2) is 0 Å². The molecule has 0 aliphatic carbocycles. The van der Waals surface area contributed by atoms with E-state index in [-0.39, 0.29) is 18.3 Å². The Balaban J connectivity index is 2.67. The third kappa shape index (κ3) is 3.49. The highest BCUT2D eigenvalue weighted by molar-refractivity contribution is 5.75. The largest absolute Gasteiger partial charge is 0.468 e. The summed E-state index contributed by atoms with van der Waals surface area (Å²) in [5, 5.41) is 2.88. The predicted molar refractivity (Wildman–Crippen MR) is 61.0 cm³/mol. The number of rotatable bonds is 6. The molecule has 1 heterocycles. The summed E-state index contributed by atoms with van der Waals surface area (Å²) in [6.45, 7) is 1.12. The van der Waals surface area contributed by atoms with E-state index in [9.17, 15) is 13.6 Å². The molecular weight excluding hydrogens is 244 g/mol. The molecule has 1 atom stereocenters. The van der Waals surface area contributed by atoms with Crippen LogP contribution in [0.25, 0.3) is 0 Å². The van der Waals surface area contributed by atoms with Crippen molar-refractivity contribution >= 4 is 5.97 Å². The van der Waals surface area contributed by atoms with Crippen molar-refractivity contribution in [3.8, 4) is 0 Å². The lowest BCUT2D eigenvalue weighted by Gasteiger charge is -2.19. The van der Waals surface area contributed by atoms with Gasteiger partial charge in [-0.1, -0.05) is 13.8 Å². The first-order chi connectivity index (χ1) is 8.47. The molecule has 0 saturated carbocycles. The number of ether oxygens (including phenoxy) is 1. The Bertz CT molecular complexity index is 393. The van der Waals surface area contributed by atoms with Gasteiger partial charge in [-0.2, -0.15) is 8.78 Å². The van der Waals surface area contributed by atoms with Gasteiger partial charge in [0.1, 0.15) is 11.9 Å². The molecule has 0 aliphatic rings. The molecule has 18 heavy (non-hydrogen) atoms. The molecule has 0 amide bonds. The van der Waals surface area contributed by atoms with E-state index in [0.717, 1.165) is 4.57 Å². The Hall–Kier alpha value is -1.50. The highest BCUT2D eigenvalue weighted by Crippen LogP contribution is 2.13. The number of alkyl halides is 2. The fourth-order valence-electron chi connectivity index (χ4n) is 1.58. The number of halogens is 2. The Morgan fingerprint density at radius 1 is 1.56 bits per heavy atom. The summed E-state index contributed by atoms with van der Waals surface area (Å²) in [6.07, 6.45) is 2.50. The van der Waals surface area contributed by atoms with Crippen molar-refractivity contribution in [2.75, 3.05) is 7.11 Å². The van der Waals surface area contributed by atoms with Gasteiger partial charge in [-0.05, 0) is 5.92 Å². The molecule has 1 unspecified atom stereocenters. The van der Waals surface area contributed by atoms with Crippen molar-refractivity contribution in [3.63, 3.8) is 0 Å². The van der Waals surface area contributed by atoms with Crippen LogP contribution in [0.4, 0.5) is 8.78 Å². The van der Waals surface area contributed by atoms with Crippen molar-refractivity contribution in [2.24, 2.45) is 5.92 Å². The van der Waals surface area contributed by atoms with Gasteiger partial charge in [-0.25, -0.2) is 4.98 Å². The number of nitrogens with zero attached hydrogens (tertiary/aromatic N) is 2. The van der Waals surface area contributed by atoms with Crippen LogP contribution in [-0.4, -0.2) is 28.7 Å². The van der Waals surface area contributed by atoms with Crippen LogP contribution < -0.4 is 5.32 Å². The Morgan fingerprint density at radius 2 is 2.22 bits per heavy atom. The number of carbonyl (C=O) groups is 1. The smallest absolute Gasteiger partial charge is 0.323 e. The first kappa shape index (κ1) is 14.6. The average Bonchev–Trinajstić information content (AvgIpc) is 2.76. The van der Waals surface area contributed by atoms with Crippen LogP contribution in [-0.2, 0) is 16.1 Å². The molecule has 0 spiro atoms. The zero-order valence-corrected chi connectivity index (χ0v) is 10.6. The number of imidazole rings is 1. The van der Waals surface area contributed by atoms with Gasteiger partial charge in [-0.3, -0.25) is 14.7 Å². The van der Waals surface area contributed by atoms with Crippen molar-refractivity contribution in [3.05, 3.63) is 18.2 Å². The van der Waals surface area contributed by atoms with Crippen LogP contribution in [0.1, 0.15) is 26.2 Å². The molecule has 1 rings (SSSR count). The van der Waals surface area contributed by atoms with E-state index in [0.29, 0.717) is 0 Å². The summed E-state index contributed by atoms with van der Waals surface area (Å²) in [5.41, 5.74) is 0. The van der Waals surface area contributed by atoms with E-state index in [2.05, 4.69) is 15.0 Å². The molecule has 0 aromatic carbocycles. The standard InChI is InChI=1S/C11H17F2N3O2/c1-7(2)9(10(17)18-3)15-6-8-14-4-5-16(8)11(12)13/h4-5,7,9,11,15H,6H2,1-3H3. The monoisotopic (exact) mass is 261 g/mol. The van der Waals surface area contributed by atoms with Gasteiger partial charge in [0.25, 0.3) is 0 Å². The third-order valence-electron chi connectivity index (χ3n) is 2.56. The maximum Gasteiger partial charge on any atom is 0.323 e. The number of nitrogens with one attached hydrogen (secondary N) is 1. The second-order valence-electron chi connectivity index (χ2n) is 4.15. The quantitative estimate of drug-likeness (QED) is 0.790. The van der Waals surface area contributed by atoms with Gasteiger partial charge in [-0.15, -0.1) is 0 Å². The molecule has 1 N–H and O–H groups in total. The molecule has 5 nitrogen and oxygen atoms in total. The lowest BCUT2D eigenvalue weighted by atomic mass is 10.0. The topological polar surface area (TPSA) is 56.1 Å². The van der Waals surface area contributed by atoms with Gasteiger partial charge in [0, 0.05) is 12.4 Å². The zero-order chi connectivity index (χ0) is 13.7. The average molecular weight is 261 g/mol. The van der Waals surface area contributed by atoms with Crippen LogP contribution in [0.3, 0.4) is 0 Å². The summed E-state index contributed by atoms with van der Waals surface area (Å²) >= 11 is 0. The predicted octanol–water partition coefficient (Wildman–Crippen LogP) is 1.57. The lowest BCUT2D eigenvalue weighted by Crippen LogP contribution is -2.41. The second-order valence-corrected chi connectivity index (χ2v) is 4.15. The van der Waals surface area contributed by atoms with Crippen molar-refractivity contribution in [1.82, 2.24) is 14.9 Å².